The molecule has 2 aromatic rings. The predicted molar refractivity (Wildman–Crippen MR) is 81.0 cm³/mol. The number of aromatic nitrogens is 1. The van der Waals surface area contributed by atoms with Crippen LogP contribution in [0.1, 0.15) is 31.4 Å². The molecule has 0 unspecified atom stereocenters. The van der Waals surface area contributed by atoms with Crippen LogP contribution in [0.3, 0.4) is 0 Å². The van der Waals surface area contributed by atoms with Crippen molar-refractivity contribution < 1.29 is 9.47 Å². The number of nitrogens with one attached hydrogen (secondary N) is 1. The van der Waals surface area contributed by atoms with Gasteiger partial charge in [-0.25, -0.2) is 0 Å². The zero-order valence-corrected chi connectivity index (χ0v) is 12.2. The van der Waals surface area contributed by atoms with Gasteiger partial charge in [0.1, 0.15) is 0 Å². The standard InChI is InChI=1S/C16H20N2O2/c1-4-17-13-8-12(10-5-6-10)18-14-9-16(20-3)15(19-2)7-11(13)14/h7-10H,4-6H2,1-3H3,(H,17,18). The van der Waals surface area contributed by atoms with Crippen molar-refractivity contribution >= 4 is 16.6 Å². The third kappa shape index (κ3) is 2.26. The number of pyridine rings is 1. The maximum absolute atomic E-state index is 5.39. The van der Waals surface area contributed by atoms with Crippen LogP contribution in [0.15, 0.2) is 18.2 Å². The minimum absolute atomic E-state index is 0.630. The van der Waals surface area contributed by atoms with E-state index in [1.165, 1.54) is 18.5 Å². The number of methoxy groups -OCH3 is 2. The molecule has 1 aliphatic rings. The van der Waals surface area contributed by atoms with Crippen molar-refractivity contribution in [3.63, 3.8) is 0 Å². The van der Waals surface area contributed by atoms with Crippen LogP contribution in [0.4, 0.5) is 5.69 Å². The minimum atomic E-state index is 0.630. The molecule has 106 valence electrons. The quantitative estimate of drug-likeness (QED) is 0.903. The Labute approximate surface area is 119 Å². The maximum atomic E-state index is 5.39. The van der Waals surface area contributed by atoms with E-state index in [-0.39, 0.29) is 0 Å². The molecule has 1 saturated carbocycles. The van der Waals surface area contributed by atoms with E-state index in [4.69, 9.17) is 14.5 Å². The fourth-order valence-corrected chi connectivity index (χ4v) is 2.50. The third-order valence-electron chi connectivity index (χ3n) is 3.70. The van der Waals surface area contributed by atoms with E-state index < -0.39 is 0 Å². The Kier molecular flexibility index (Phi) is 3.38. The number of benzene rings is 1. The molecule has 1 fully saturated rings. The molecule has 0 saturated heterocycles. The van der Waals surface area contributed by atoms with Crippen molar-refractivity contribution in [2.75, 3.05) is 26.1 Å². The molecule has 1 heterocycles. The first-order valence-corrected chi connectivity index (χ1v) is 7.07. The van der Waals surface area contributed by atoms with Crippen LogP contribution < -0.4 is 14.8 Å². The molecule has 0 amide bonds. The van der Waals surface area contributed by atoms with E-state index in [1.807, 2.05) is 12.1 Å². The van der Waals surface area contributed by atoms with Gasteiger partial charge in [-0.3, -0.25) is 4.98 Å². The SMILES string of the molecule is CCNc1cc(C2CC2)nc2cc(OC)c(OC)cc12. The monoisotopic (exact) mass is 272 g/mol. The van der Waals surface area contributed by atoms with E-state index in [2.05, 4.69) is 18.3 Å². The Morgan fingerprint density at radius 1 is 1.15 bits per heavy atom. The van der Waals surface area contributed by atoms with Crippen molar-refractivity contribution in [2.45, 2.75) is 25.7 Å². The minimum Gasteiger partial charge on any atom is -0.493 e. The van der Waals surface area contributed by atoms with Crippen LogP contribution in [0, 0.1) is 0 Å². The lowest BCUT2D eigenvalue weighted by molar-refractivity contribution is 0.356. The van der Waals surface area contributed by atoms with E-state index in [0.717, 1.165) is 34.6 Å². The van der Waals surface area contributed by atoms with Crippen molar-refractivity contribution in [3.05, 3.63) is 23.9 Å². The molecule has 3 rings (SSSR count). The van der Waals surface area contributed by atoms with Crippen molar-refractivity contribution in [1.82, 2.24) is 4.98 Å². The molecule has 0 radical (unpaired) electrons. The largest absolute Gasteiger partial charge is 0.493 e. The second-order valence-electron chi connectivity index (χ2n) is 5.12. The van der Waals surface area contributed by atoms with E-state index in [9.17, 15) is 0 Å². The topological polar surface area (TPSA) is 43.4 Å². The van der Waals surface area contributed by atoms with Crippen LogP contribution >= 0.6 is 0 Å². The van der Waals surface area contributed by atoms with Gasteiger partial charge in [-0.05, 0) is 31.9 Å². The van der Waals surface area contributed by atoms with Crippen molar-refractivity contribution in [2.24, 2.45) is 0 Å². The normalized spacial score (nSPS) is 14.3. The molecule has 0 bridgehead atoms. The van der Waals surface area contributed by atoms with Gasteiger partial charge in [0, 0.05) is 35.3 Å². The molecule has 20 heavy (non-hydrogen) atoms. The van der Waals surface area contributed by atoms with Crippen LogP contribution in [-0.2, 0) is 0 Å². The van der Waals surface area contributed by atoms with Gasteiger partial charge in [-0.2, -0.15) is 0 Å². The summed E-state index contributed by atoms with van der Waals surface area (Å²) in [6.07, 6.45) is 2.49. The lowest BCUT2D eigenvalue weighted by atomic mass is 10.1. The first kappa shape index (κ1) is 13.0. The second kappa shape index (κ2) is 5.19. The van der Waals surface area contributed by atoms with Gasteiger partial charge in [0.2, 0.25) is 0 Å². The van der Waals surface area contributed by atoms with Crippen LogP contribution in [0.2, 0.25) is 0 Å². The Bertz CT molecular complexity index is 636. The molecule has 1 aromatic carbocycles. The first-order valence-electron chi connectivity index (χ1n) is 7.07. The van der Waals surface area contributed by atoms with Gasteiger partial charge >= 0.3 is 0 Å². The van der Waals surface area contributed by atoms with Crippen molar-refractivity contribution in [3.8, 4) is 11.5 Å². The summed E-state index contributed by atoms with van der Waals surface area (Å²) in [5, 5.41) is 4.50. The van der Waals surface area contributed by atoms with E-state index in [0.29, 0.717) is 5.92 Å². The average molecular weight is 272 g/mol. The molecular weight excluding hydrogens is 252 g/mol. The summed E-state index contributed by atoms with van der Waals surface area (Å²) in [5.41, 5.74) is 3.27. The van der Waals surface area contributed by atoms with E-state index in [1.54, 1.807) is 14.2 Å². The van der Waals surface area contributed by atoms with Gasteiger partial charge in [0.25, 0.3) is 0 Å². The van der Waals surface area contributed by atoms with Gasteiger partial charge in [-0.1, -0.05) is 0 Å². The Balaban J connectivity index is 2.20. The van der Waals surface area contributed by atoms with Crippen LogP contribution in [0.5, 0.6) is 11.5 Å². The predicted octanol–water partition coefficient (Wildman–Crippen LogP) is 3.56. The zero-order valence-electron chi connectivity index (χ0n) is 12.2. The molecule has 0 aliphatic heterocycles. The van der Waals surface area contributed by atoms with Gasteiger partial charge in [0.05, 0.1) is 19.7 Å². The Hall–Kier alpha value is -1.97. The molecule has 1 N–H and O–H groups in total. The molecule has 0 spiro atoms. The summed E-state index contributed by atoms with van der Waals surface area (Å²) < 4.78 is 10.8. The first-order chi connectivity index (χ1) is 9.76. The molecule has 4 heteroatoms. The van der Waals surface area contributed by atoms with Crippen LogP contribution in [0.25, 0.3) is 10.9 Å². The highest BCUT2D eigenvalue weighted by Crippen LogP contribution is 2.42. The molecular formula is C16H20N2O2. The molecule has 4 nitrogen and oxygen atoms in total. The maximum Gasteiger partial charge on any atom is 0.162 e. The smallest absolute Gasteiger partial charge is 0.162 e. The van der Waals surface area contributed by atoms with Gasteiger partial charge in [0.15, 0.2) is 11.5 Å². The number of ether oxygens (including phenoxy) is 2. The fraction of sp³-hybridized carbons (Fsp3) is 0.438. The highest BCUT2D eigenvalue weighted by Gasteiger charge is 2.26. The summed E-state index contributed by atoms with van der Waals surface area (Å²) in [7, 11) is 3.31. The number of nitrogens with zero attached hydrogens (tertiary/aromatic N) is 1. The summed E-state index contributed by atoms with van der Waals surface area (Å²) in [5.74, 6) is 2.09. The van der Waals surface area contributed by atoms with Gasteiger partial charge in [-0.15, -0.1) is 0 Å². The number of rotatable bonds is 5. The van der Waals surface area contributed by atoms with E-state index >= 15 is 0 Å². The number of anilines is 1. The summed E-state index contributed by atoms with van der Waals surface area (Å²) >= 11 is 0. The second-order valence-corrected chi connectivity index (χ2v) is 5.12. The van der Waals surface area contributed by atoms with Crippen molar-refractivity contribution in [1.29, 1.82) is 0 Å². The lowest BCUT2D eigenvalue weighted by Gasteiger charge is -2.14. The number of fused-ring (bicyclic) bond motifs is 1. The molecule has 1 aromatic heterocycles. The Morgan fingerprint density at radius 3 is 2.45 bits per heavy atom. The Morgan fingerprint density at radius 2 is 1.85 bits per heavy atom. The number of hydrogen-bond donors (Lipinski definition) is 1. The highest BCUT2D eigenvalue weighted by atomic mass is 16.5. The lowest BCUT2D eigenvalue weighted by Crippen LogP contribution is -2.01. The molecule has 0 atom stereocenters. The highest BCUT2D eigenvalue weighted by molar-refractivity contribution is 5.94. The summed E-state index contributed by atoms with van der Waals surface area (Å²) in [6, 6.07) is 6.13. The summed E-state index contributed by atoms with van der Waals surface area (Å²) in [4.78, 5) is 4.79. The average Bonchev–Trinajstić information content (AvgIpc) is 3.30. The number of hydrogen-bond acceptors (Lipinski definition) is 4. The third-order valence-corrected chi connectivity index (χ3v) is 3.70. The summed E-state index contributed by atoms with van der Waals surface area (Å²) in [6.45, 7) is 2.99. The fourth-order valence-electron chi connectivity index (χ4n) is 2.50. The molecule has 1 aliphatic carbocycles. The van der Waals surface area contributed by atoms with Crippen LogP contribution in [-0.4, -0.2) is 25.7 Å². The zero-order chi connectivity index (χ0) is 14.1. The van der Waals surface area contributed by atoms with Gasteiger partial charge < -0.3 is 14.8 Å².